The van der Waals surface area contributed by atoms with Gasteiger partial charge in [0.25, 0.3) is 0 Å². The Morgan fingerprint density at radius 3 is 2.83 bits per heavy atom. The fourth-order valence-corrected chi connectivity index (χ4v) is 3.64. The van der Waals surface area contributed by atoms with E-state index in [9.17, 15) is 4.39 Å². The van der Waals surface area contributed by atoms with Crippen molar-refractivity contribution in [3.63, 3.8) is 0 Å². The van der Waals surface area contributed by atoms with Crippen LogP contribution in [-0.2, 0) is 11.8 Å². The second-order valence-electron chi connectivity index (χ2n) is 7.09. The summed E-state index contributed by atoms with van der Waals surface area (Å²) < 4.78 is 17.5. The van der Waals surface area contributed by atoms with Crippen molar-refractivity contribution in [1.29, 1.82) is 0 Å². The van der Waals surface area contributed by atoms with Gasteiger partial charge in [-0.25, -0.2) is 9.37 Å². The molecular weight excluding hydrogens is 323 g/mol. The summed E-state index contributed by atoms with van der Waals surface area (Å²) >= 11 is 1.42. The van der Waals surface area contributed by atoms with Crippen molar-refractivity contribution in [2.45, 2.75) is 51.0 Å². The molecule has 1 fully saturated rings. The Labute approximate surface area is 147 Å². The predicted molar refractivity (Wildman–Crippen MR) is 97.2 cm³/mol. The fourth-order valence-electron chi connectivity index (χ4n) is 3.03. The van der Waals surface area contributed by atoms with Crippen molar-refractivity contribution in [1.82, 2.24) is 14.7 Å². The van der Waals surface area contributed by atoms with Gasteiger partial charge in [0.15, 0.2) is 0 Å². The summed E-state index contributed by atoms with van der Waals surface area (Å²) in [4.78, 5) is 4.59. The van der Waals surface area contributed by atoms with Gasteiger partial charge in [-0.15, -0.1) is 0 Å². The average Bonchev–Trinajstić information content (AvgIpc) is 3.23. The van der Waals surface area contributed by atoms with Crippen LogP contribution in [0.15, 0.2) is 24.3 Å². The van der Waals surface area contributed by atoms with E-state index in [4.69, 9.17) is 0 Å². The Hall–Kier alpha value is -1.53. The highest BCUT2D eigenvalue weighted by Crippen LogP contribution is 2.24. The Kier molecular flexibility index (Phi) is 5.46. The molecule has 4 nitrogen and oxygen atoms in total. The van der Waals surface area contributed by atoms with Gasteiger partial charge in [-0.05, 0) is 43.5 Å². The molecule has 130 valence electrons. The van der Waals surface area contributed by atoms with Gasteiger partial charge in [-0.1, -0.05) is 26.0 Å². The van der Waals surface area contributed by atoms with Crippen molar-refractivity contribution >= 4 is 16.7 Å². The van der Waals surface area contributed by atoms with Gasteiger partial charge in [0.2, 0.25) is 5.13 Å². The van der Waals surface area contributed by atoms with Gasteiger partial charge in [0, 0.05) is 36.0 Å². The molecule has 2 heterocycles. The van der Waals surface area contributed by atoms with Crippen molar-refractivity contribution in [3.8, 4) is 0 Å². The lowest BCUT2D eigenvalue weighted by atomic mass is 9.85. The number of halogens is 1. The maximum atomic E-state index is 13.1. The maximum Gasteiger partial charge on any atom is 0.202 e. The highest BCUT2D eigenvalue weighted by atomic mass is 32.1. The average molecular weight is 348 g/mol. The van der Waals surface area contributed by atoms with Crippen LogP contribution in [0.1, 0.15) is 44.5 Å². The number of aryl methyl sites for hydroxylation is 1. The summed E-state index contributed by atoms with van der Waals surface area (Å²) in [5.74, 6) is 0.726. The van der Waals surface area contributed by atoms with E-state index in [2.05, 4.69) is 33.8 Å². The molecule has 3 rings (SSSR count). The zero-order valence-electron chi connectivity index (χ0n) is 14.3. The fraction of sp³-hybridized carbons (Fsp3) is 0.556. The van der Waals surface area contributed by atoms with Crippen molar-refractivity contribution < 1.29 is 4.39 Å². The summed E-state index contributed by atoms with van der Waals surface area (Å²) in [7, 11) is 0. The lowest BCUT2D eigenvalue weighted by molar-refractivity contribution is 0.550. The predicted octanol–water partition coefficient (Wildman–Crippen LogP) is 3.75. The number of hydrogen-bond acceptors (Lipinski definition) is 5. The van der Waals surface area contributed by atoms with Gasteiger partial charge in [-0.3, -0.25) is 0 Å². The molecule has 0 radical (unpaired) electrons. The smallest absolute Gasteiger partial charge is 0.202 e. The van der Waals surface area contributed by atoms with E-state index in [-0.39, 0.29) is 11.2 Å². The number of aromatic nitrogens is 2. The van der Waals surface area contributed by atoms with Crippen LogP contribution in [0.4, 0.5) is 9.52 Å². The van der Waals surface area contributed by atoms with Crippen LogP contribution in [0.3, 0.4) is 0 Å². The van der Waals surface area contributed by atoms with Crippen LogP contribution in [0.2, 0.25) is 0 Å². The third kappa shape index (κ3) is 4.51. The molecule has 24 heavy (non-hydrogen) atoms. The Morgan fingerprint density at radius 2 is 2.12 bits per heavy atom. The second kappa shape index (κ2) is 7.57. The Balaban J connectivity index is 1.51. The standard InChI is InChI=1S/C18H25FN4S/c1-18(2,13-5-7-14(19)8-6-13)12-21-17-22-16(23-24-17)10-9-15-4-3-11-20-15/h5-8,15,20H,3-4,9-12H2,1-2H3,(H,21,22,23). The maximum absolute atomic E-state index is 13.1. The zero-order valence-corrected chi connectivity index (χ0v) is 15.1. The van der Waals surface area contributed by atoms with Crippen molar-refractivity contribution in [2.24, 2.45) is 0 Å². The number of anilines is 1. The lowest BCUT2D eigenvalue weighted by Gasteiger charge is -2.25. The van der Waals surface area contributed by atoms with Crippen LogP contribution < -0.4 is 10.6 Å². The summed E-state index contributed by atoms with van der Waals surface area (Å²) in [5, 5.41) is 7.75. The van der Waals surface area contributed by atoms with Crippen molar-refractivity contribution in [3.05, 3.63) is 41.5 Å². The van der Waals surface area contributed by atoms with E-state index in [1.54, 1.807) is 0 Å². The van der Waals surface area contributed by atoms with E-state index in [0.29, 0.717) is 6.04 Å². The summed E-state index contributed by atoms with van der Waals surface area (Å²) in [6, 6.07) is 7.34. The third-order valence-electron chi connectivity index (χ3n) is 4.65. The third-order valence-corrected chi connectivity index (χ3v) is 5.36. The molecular formula is C18H25FN4S. The molecule has 1 unspecified atom stereocenters. The molecule has 1 aliphatic heterocycles. The topological polar surface area (TPSA) is 49.8 Å². The molecule has 1 aromatic heterocycles. The second-order valence-corrected chi connectivity index (χ2v) is 7.84. The number of nitrogens with one attached hydrogen (secondary N) is 2. The first-order chi connectivity index (χ1) is 11.5. The van der Waals surface area contributed by atoms with Gasteiger partial charge in [0.1, 0.15) is 11.6 Å². The van der Waals surface area contributed by atoms with E-state index in [1.165, 1.54) is 36.5 Å². The first kappa shape index (κ1) is 17.3. The van der Waals surface area contributed by atoms with Crippen LogP contribution in [0, 0.1) is 5.82 Å². The molecule has 0 spiro atoms. The largest absolute Gasteiger partial charge is 0.359 e. The Bertz CT molecular complexity index is 647. The molecule has 1 atom stereocenters. The van der Waals surface area contributed by atoms with Crippen molar-refractivity contribution in [2.75, 3.05) is 18.4 Å². The lowest BCUT2D eigenvalue weighted by Crippen LogP contribution is -2.27. The first-order valence-corrected chi connectivity index (χ1v) is 9.36. The number of benzene rings is 1. The Morgan fingerprint density at radius 1 is 1.33 bits per heavy atom. The quantitative estimate of drug-likeness (QED) is 0.800. The highest BCUT2D eigenvalue weighted by Gasteiger charge is 2.21. The molecule has 6 heteroatoms. The molecule has 0 amide bonds. The van der Waals surface area contributed by atoms with Gasteiger partial charge < -0.3 is 10.6 Å². The monoisotopic (exact) mass is 348 g/mol. The SMILES string of the molecule is CC(C)(CNc1nc(CCC2CCCN2)ns1)c1ccc(F)cc1. The van der Waals surface area contributed by atoms with Crippen LogP contribution in [0.25, 0.3) is 0 Å². The number of nitrogens with zero attached hydrogens (tertiary/aromatic N) is 2. The molecule has 1 aliphatic rings. The minimum absolute atomic E-state index is 0.104. The molecule has 0 saturated carbocycles. The molecule has 1 aromatic carbocycles. The van der Waals surface area contributed by atoms with Gasteiger partial charge in [-0.2, -0.15) is 4.37 Å². The van der Waals surface area contributed by atoms with Crippen LogP contribution in [-0.4, -0.2) is 28.5 Å². The van der Waals surface area contributed by atoms with Crippen LogP contribution in [0.5, 0.6) is 0 Å². The van der Waals surface area contributed by atoms with E-state index >= 15 is 0 Å². The first-order valence-electron chi connectivity index (χ1n) is 8.59. The van der Waals surface area contributed by atoms with Crippen LogP contribution >= 0.6 is 11.5 Å². The highest BCUT2D eigenvalue weighted by molar-refractivity contribution is 7.09. The minimum Gasteiger partial charge on any atom is -0.359 e. The van der Waals surface area contributed by atoms with Gasteiger partial charge >= 0.3 is 0 Å². The zero-order chi connectivity index (χ0) is 17.0. The van der Waals surface area contributed by atoms with E-state index in [0.717, 1.165) is 42.5 Å². The number of hydrogen-bond donors (Lipinski definition) is 2. The van der Waals surface area contributed by atoms with E-state index in [1.807, 2.05) is 12.1 Å². The normalized spacial score (nSPS) is 18.0. The summed E-state index contributed by atoms with van der Waals surface area (Å²) in [6.45, 7) is 6.15. The molecule has 0 bridgehead atoms. The molecule has 2 N–H and O–H groups in total. The molecule has 2 aromatic rings. The van der Waals surface area contributed by atoms with Gasteiger partial charge in [0.05, 0.1) is 0 Å². The number of rotatable bonds is 7. The summed E-state index contributed by atoms with van der Waals surface area (Å²) in [5.41, 5.74) is 1.00. The molecule has 1 saturated heterocycles. The molecule has 0 aliphatic carbocycles. The minimum atomic E-state index is -0.201. The van der Waals surface area contributed by atoms with E-state index < -0.39 is 0 Å². The summed E-state index contributed by atoms with van der Waals surface area (Å²) in [6.07, 6.45) is 4.58.